The van der Waals surface area contributed by atoms with Crippen molar-refractivity contribution in [2.24, 2.45) is 0 Å². The van der Waals surface area contributed by atoms with Crippen LogP contribution < -0.4 is 16.6 Å². The lowest BCUT2D eigenvalue weighted by Gasteiger charge is -2.14. The number of rotatable bonds is 9. The molecule has 0 fully saturated rings. The van der Waals surface area contributed by atoms with Crippen molar-refractivity contribution in [2.75, 3.05) is 13.7 Å². The first-order valence-electron chi connectivity index (χ1n) is 9.97. The maximum absolute atomic E-state index is 13.2. The number of imidazole rings is 1. The maximum Gasteiger partial charge on any atom is 0.333 e. The predicted molar refractivity (Wildman–Crippen MR) is 114 cm³/mol. The number of nitrogens with one attached hydrogen (secondary N) is 1. The minimum atomic E-state index is -0.562. The molecule has 0 radical (unpaired) electrons. The Bertz CT molecular complexity index is 1130. The predicted octanol–water partition coefficient (Wildman–Crippen LogP) is 0.969. The minimum absolute atomic E-state index is 0.0456. The molecule has 0 unspecified atom stereocenters. The van der Waals surface area contributed by atoms with Gasteiger partial charge < -0.3 is 14.6 Å². The first-order valence-corrected chi connectivity index (χ1v) is 9.97. The van der Waals surface area contributed by atoms with Gasteiger partial charge in [-0.2, -0.15) is 0 Å². The summed E-state index contributed by atoms with van der Waals surface area (Å²) in [6.45, 7) is 4.51. The summed E-state index contributed by atoms with van der Waals surface area (Å²) in [6.07, 6.45) is 2.28. The molecule has 1 N–H and O–H groups in total. The second-order valence-electron chi connectivity index (χ2n) is 7.23. The van der Waals surface area contributed by atoms with Crippen molar-refractivity contribution in [3.05, 3.63) is 63.1 Å². The number of hydrogen-bond acceptors (Lipinski definition) is 5. The summed E-state index contributed by atoms with van der Waals surface area (Å²) in [7, 11) is 1.57. The minimum Gasteiger partial charge on any atom is -0.383 e. The normalized spacial score (nSPS) is 12.2. The number of fused-ring (bicyclic) bond motifs is 1. The molecule has 0 saturated carbocycles. The fourth-order valence-corrected chi connectivity index (χ4v) is 3.21. The molecule has 1 aromatic carbocycles. The second-order valence-corrected chi connectivity index (χ2v) is 7.23. The van der Waals surface area contributed by atoms with Gasteiger partial charge in [0.2, 0.25) is 5.91 Å². The summed E-state index contributed by atoms with van der Waals surface area (Å²) in [6, 6.07) is 9.39. The van der Waals surface area contributed by atoms with E-state index >= 15 is 0 Å². The van der Waals surface area contributed by atoms with Gasteiger partial charge >= 0.3 is 5.69 Å². The van der Waals surface area contributed by atoms with Crippen molar-refractivity contribution < 1.29 is 9.53 Å². The molecule has 160 valence electrons. The van der Waals surface area contributed by atoms with Crippen LogP contribution in [0.25, 0.3) is 11.2 Å². The molecule has 0 saturated heterocycles. The number of amides is 1. The maximum atomic E-state index is 13.2. The highest BCUT2D eigenvalue weighted by Gasteiger charge is 2.20. The van der Waals surface area contributed by atoms with Gasteiger partial charge in [0.05, 0.1) is 19.5 Å². The molecule has 0 aliphatic heterocycles. The van der Waals surface area contributed by atoms with Crippen molar-refractivity contribution in [3.8, 4) is 0 Å². The molecule has 3 rings (SSSR count). The van der Waals surface area contributed by atoms with Crippen LogP contribution in [0.5, 0.6) is 0 Å². The number of aromatic nitrogens is 4. The van der Waals surface area contributed by atoms with E-state index in [9.17, 15) is 14.4 Å². The van der Waals surface area contributed by atoms with E-state index in [0.29, 0.717) is 18.8 Å². The number of carbonyl (C=O) groups is 1. The topological polar surface area (TPSA) is 100 Å². The highest BCUT2D eigenvalue weighted by atomic mass is 16.5. The van der Waals surface area contributed by atoms with Gasteiger partial charge in [0, 0.05) is 19.7 Å². The van der Waals surface area contributed by atoms with E-state index in [1.54, 1.807) is 11.7 Å². The highest BCUT2D eigenvalue weighted by Crippen LogP contribution is 2.10. The SMILES string of the molecule is CC[C@@H](C)NC(=O)Cn1c(=O)c2c(ncn2CCOC)n(Cc2ccccc2)c1=O. The van der Waals surface area contributed by atoms with Gasteiger partial charge in [-0.05, 0) is 18.9 Å². The van der Waals surface area contributed by atoms with Crippen LogP contribution in [0.15, 0.2) is 46.2 Å². The van der Waals surface area contributed by atoms with Crippen molar-refractivity contribution in [2.45, 2.75) is 45.9 Å². The number of carbonyl (C=O) groups excluding carboxylic acids is 1. The molecular formula is C21H27N5O4. The van der Waals surface area contributed by atoms with E-state index in [4.69, 9.17) is 4.74 Å². The third-order valence-electron chi connectivity index (χ3n) is 5.02. The van der Waals surface area contributed by atoms with E-state index in [1.165, 1.54) is 10.9 Å². The van der Waals surface area contributed by atoms with Gasteiger partial charge in [-0.3, -0.25) is 14.2 Å². The largest absolute Gasteiger partial charge is 0.383 e. The molecule has 2 aromatic heterocycles. The molecule has 0 aliphatic carbocycles. The average Bonchev–Trinajstić information content (AvgIpc) is 3.17. The number of nitrogens with zero attached hydrogens (tertiary/aromatic N) is 4. The Morgan fingerprint density at radius 2 is 1.93 bits per heavy atom. The highest BCUT2D eigenvalue weighted by molar-refractivity contribution is 5.77. The molecule has 3 aromatic rings. The molecule has 0 bridgehead atoms. The third-order valence-corrected chi connectivity index (χ3v) is 5.02. The number of benzene rings is 1. The average molecular weight is 413 g/mol. The van der Waals surface area contributed by atoms with Gasteiger partial charge in [-0.1, -0.05) is 37.3 Å². The summed E-state index contributed by atoms with van der Waals surface area (Å²) in [4.78, 5) is 43.1. The number of hydrogen-bond donors (Lipinski definition) is 1. The van der Waals surface area contributed by atoms with Crippen molar-refractivity contribution in [1.82, 2.24) is 24.0 Å². The first-order chi connectivity index (χ1) is 14.5. The zero-order valence-corrected chi connectivity index (χ0v) is 17.5. The van der Waals surface area contributed by atoms with E-state index in [-0.39, 0.29) is 30.6 Å². The van der Waals surface area contributed by atoms with Gasteiger partial charge in [-0.15, -0.1) is 0 Å². The van der Waals surface area contributed by atoms with Crippen LogP contribution in [-0.4, -0.2) is 44.4 Å². The quantitative estimate of drug-likeness (QED) is 0.563. The lowest BCUT2D eigenvalue weighted by atomic mass is 10.2. The molecule has 1 atom stereocenters. The van der Waals surface area contributed by atoms with E-state index in [2.05, 4.69) is 10.3 Å². The molecule has 1 amide bonds. The van der Waals surface area contributed by atoms with Crippen molar-refractivity contribution in [3.63, 3.8) is 0 Å². The fourth-order valence-electron chi connectivity index (χ4n) is 3.21. The monoisotopic (exact) mass is 413 g/mol. The Balaban J connectivity index is 2.13. The van der Waals surface area contributed by atoms with E-state index in [0.717, 1.165) is 16.6 Å². The van der Waals surface area contributed by atoms with Crippen LogP contribution in [0.2, 0.25) is 0 Å². The first kappa shape index (κ1) is 21.5. The Hall–Kier alpha value is -3.20. The van der Waals surface area contributed by atoms with Gasteiger partial charge in [0.1, 0.15) is 6.54 Å². The van der Waals surface area contributed by atoms with Crippen LogP contribution in [0, 0.1) is 0 Å². The zero-order valence-electron chi connectivity index (χ0n) is 17.5. The summed E-state index contributed by atoms with van der Waals surface area (Å²) in [5.41, 5.74) is 0.365. The summed E-state index contributed by atoms with van der Waals surface area (Å²) >= 11 is 0. The van der Waals surface area contributed by atoms with Crippen LogP contribution in [0.3, 0.4) is 0 Å². The number of methoxy groups -OCH3 is 1. The lowest BCUT2D eigenvalue weighted by molar-refractivity contribution is -0.122. The molecule has 9 nitrogen and oxygen atoms in total. The lowest BCUT2D eigenvalue weighted by Crippen LogP contribution is -2.45. The molecule has 30 heavy (non-hydrogen) atoms. The molecular weight excluding hydrogens is 386 g/mol. The van der Waals surface area contributed by atoms with Crippen LogP contribution in [0.1, 0.15) is 25.8 Å². The van der Waals surface area contributed by atoms with Gasteiger partial charge in [-0.25, -0.2) is 14.3 Å². The Labute approximate surface area is 173 Å². The molecule has 0 aliphatic rings. The van der Waals surface area contributed by atoms with E-state index < -0.39 is 11.2 Å². The Morgan fingerprint density at radius 3 is 2.60 bits per heavy atom. The van der Waals surface area contributed by atoms with Crippen molar-refractivity contribution >= 4 is 17.1 Å². The smallest absolute Gasteiger partial charge is 0.333 e. The standard InChI is InChI=1S/C21H27N5O4/c1-4-15(2)23-17(27)13-26-20(28)18-19(22-14-24(18)10-11-30-3)25(21(26)29)12-16-8-6-5-7-9-16/h5-9,14-15H,4,10-13H2,1-3H3,(H,23,27)/t15-/m1/s1. The Morgan fingerprint density at radius 1 is 1.20 bits per heavy atom. The summed E-state index contributed by atoms with van der Waals surface area (Å²) in [5, 5.41) is 2.80. The molecule has 0 spiro atoms. The molecule has 9 heteroatoms. The second kappa shape index (κ2) is 9.53. The third kappa shape index (κ3) is 4.51. The van der Waals surface area contributed by atoms with Gasteiger partial charge in [0.15, 0.2) is 11.2 Å². The van der Waals surface area contributed by atoms with E-state index in [1.807, 2.05) is 44.2 Å². The summed E-state index contributed by atoms with van der Waals surface area (Å²) in [5.74, 6) is -0.378. The van der Waals surface area contributed by atoms with Crippen LogP contribution in [0.4, 0.5) is 0 Å². The number of ether oxygens (including phenoxy) is 1. The van der Waals surface area contributed by atoms with Crippen LogP contribution >= 0.6 is 0 Å². The molecule has 2 heterocycles. The van der Waals surface area contributed by atoms with Gasteiger partial charge in [0.25, 0.3) is 5.56 Å². The Kier molecular flexibility index (Phi) is 6.83. The zero-order chi connectivity index (χ0) is 21.7. The summed E-state index contributed by atoms with van der Waals surface area (Å²) < 4.78 is 9.19. The van der Waals surface area contributed by atoms with Crippen molar-refractivity contribution in [1.29, 1.82) is 0 Å². The van der Waals surface area contributed by atoms with Crippen LogP contribution in [-0.2, 0) is 29.2 Å². The fraction of sp³-hybridized carbons (Fsp3) is 0.429.